The van der Waals surface area contributed by atoms with Crippen LogP contribution in [0, 0.1) is 6.92 Å². The average molecular weight is 292 g/mol. The Labute approximate surface area is 123 Å². The van der Waals surface area contributed by atoms with Gasteiger partial charge in [-0.25, -0.2) is 4.98 Å². The summed E-state index contributed by atoms with van der Waals surface area (Å²) in [6, 6.07) is 8.72. The van der Waals surface area contributed by atoms with Gasteiger partial charge in [-0.15, -0.1) is 23.1 Å². The Kier molecular flexibility index (Phi) is 5.43. The van der Waals surface area contributed by atoms with E-state index in [4.69, 9.17) is 0 Å². The van der Waals surface area contributed by atoms with Crippen LogP contribution in [0.2, 0.25) is 0 Å². The number of thiazole rings is 1. The summed E-state index contributed by atoms with van der Waals surface area (Å²) < 4.78 is 0. The van der Waals surface area contributed by atoms with Gasteiger partial charge in [0.15, 0.2) is 0 Å². The fourth-order valence-corrected chi connectivity index (χ4v) is 3.51. The highest BCUT2D eigenvalue weighted by molar-refractivity contribution is 7.99. The molecule has 0 unspecified atom stereocenters. The van der Waals surface area contributed by atoms with Gasteiger partial charge in [0.25, 0.3) is 0 Å². The van der Waals surface area contributed by atoms with E-state index < -0.39 is 0 Å². The lowest BCUT2D eigenvalue weighted by molar-refractivity contribution is 0.731. The maximum absolute atomic E-state index is 4.68. The van der Waals surface area contributed by atoms with Crippen LogP contribution in [0.5, 0.6) is 0 Å². The van der Waals surface area contributed by atoms with Crippen molar-refractivity contribution < 1.29 is 0 Å². The van der Waals surface area contributed by atoms with E-state index in [9.17, 15) is 0 Å². The summed E-state index contributed by atoms with van der Waals surface area (Å²) in [5.41, 5.74) is 2.37. The molecule has 0 aliphatic carbocycles. The van der Waals surface area contributed by atoms with E-state index in [1.54, 1.807) is 11.3 Å². The van der Waals surface area contributed by atoms with Crippen LogP contribution in [-0.4, -0.2) is 17.3 Å². The summed E-state index contributed by atoms with van der Waals surface area (Å²) in [4.78, 5) is 7.34. The van der Waals surface area contributed by atoms with Crippen molar-refractivity contribution >= 4 is 23.1 Å². The zero-order valence-electron chi connectivity index (χ0n) is 11.7. The van der Waals surface area contributed by atoms with Crippen molar-refractivity contribution in [3.63, 3.8) is 0 Å². The molecule has 0 fully saturated rings. The Morgan fingerprint density at radius 3 is 2.58 bits per heavy atom. The Balaban J connectivity index is 2.17. The van der Waals surface area contributed by atoms with Crippen LogP contribution in [0.3, 0.4) is 0 Å². The van der Waals surface area contributed by atoms with Crippen molar-refractivity contribution in [2.45, 2.75) is 32.2 Å². The van der Waals surface area contributed by atoms with Crippen molar-refractivity contribution in [1.29, 1.82) is 0 Å². The van der Waals surface area contributed by atoms with Gasteiger partial charge in [-0.2, -0.15) is 0 Å². The summed E-state index contributed by atoms with van der Waals surface area (Å²) in [6.07, 6.45) is 0. The maximum atomic E-state index is 4.68. The number of nitrogens with one attached hydrogen (secondary N) is 1. The lowest BCUT2D eigenvalue weighted by Crippen LogP contribution is -2.11. The lowest BCUT2D eigenvalue weighted by atomic mass is 10.2. The van der Waals surface area contributed by atoms with Crippen LogP contribution < -0.4 is 5.32 Å². The Hall–Kier alpha value is -0.840. The topological polar surface area (TPSA) is 24.9 Å². The number of thioether (sulfide) groups is 1. The number of hydrogen-bond donors (Lipinski definition) is 1. The van der Waals surface area contributed by atoms with Gasteiger partial charge in [0.05, 0.1) is 5.69 Å². The SMILES string of the molecule is CCNCc1sc(-c2ccc(SCC)cc2)nc1C. The van der Waals surface area contributed by atoms with Gasteiger partial charge in [-0.1, -0.05) is 26.0 Å². The van der Waals surface area contributed by atoms with Gasteiger partial charge in [0, 0.05) is 21.9 Å². The molecule has 0 spiro atoms. The highest BCUT2D eigenvalue weighted by atomic mass is 32.2. The summed E-state index contributed by atoms with van der Waals surface area (Å²) >= 11 is 3.66. The first kappa shape index (κ1) is 14.6. The molecular formula is C15H20N2S2. The van der Waals surface area contributed by atoms with Gasteiger partial charge >= 0.3 is 0 Å². The van der Waals surface area contributed by atoms with Crippen LogP contribution in [0.4, 0.5) is 0 Å². The molecule has 0 bridgehead atoms. The van der Waals surface area contributed by atoms with Crippen molar-refractivity contribution in [3.05, 3.63) is 34.8 Å². The highest BCUT2D eigenvalue weighted by Gasteiger charge is 2.08. The molecule has 1 aromatic carbocycles. The molecule has 0 saturated heterocycles. The summed E-state index contributed by atoms with van der Waals surface area (Å²) in [7, 11) is 0. The van der Waals surface area contributed by atoms with E-state index in [2.05, 4.69) is 55.3 Å². The van der Waals surface area contributed by atoms with Gasteiger partial charge in [0.1, 0.15) is 5.01 Å². The maximum Gasteiger partial charge on any atom is 0.123 e. The molecule has 2 nitrogen and oxygen atoms in total. The van der Waals surface area contributed by atoms with Gasteiger partial charge < -0.3 is 5.32 Å². The van der Waals surface area contributed by atoms with Crippen LogP contribution in [0.25, 0.3) is 10.6 Å². The molecule has 0 saturated carbocycles. The predicted octanol–water partition coefficient (Wildman–Crippen LogP) is 4.34. The third kappa shape index (κ3) is 3.81. The third-order valence-corrected chi connectivity index (χ3v) is 4.94. The van der Waals surface area contributed by atoms with E-state index in [0.717, 1.165) is 29.5 Å². The van der Waals surface area contributed by atoms with Crippen LogP contribution in [0.15, 0.2) is 29.2 Å². The number of rotatable bonds is 6. The number of benzene rings is 1. The number of aryl methyl sites for hydroxylation is 1. The normalized spacial score (nSPS) is 10.9. The van der Waals surface area contributed by atoms with Crippen molar-refractivity contribution in [2.24, 2.45) is 0 Å². The van der Waals surface area contributed by atoms with E-state index in [1.807, 2.05) is 11.8 Å². The second-order valence-corrected chi connectivity index (χ2v) is 6.69. The van der Waals surface area contributed by atoms with E-state index in [-0.39, 0.29) is 0 Å². The summed E-state index contributed by atoms with van der Waals surface area (Å²) in [5.74, 6) is 1.11. The van der Waals surface area contributed by atoms with Crippen LogP contribution in [0.1, 0.15) is 24.4 Å². The van der Waals surface area contributed by atoms with E-state index in [0.29, 0.717) is 0 Å². The Morgan fingerprint density at radius 1 is 1.21 bits per heavy atom. The van der Waals surface area contributed by atoms with E-state index >= 15 is 0 Å². The molecule has 2 rings (SSSR count). The zero-order valence-corrected chi connectivity index (χ0v) is 13.3. The molecule has 102 valence electrons. The molecule has 1 N–H and O–H groups in total. The van der Waals surface area contributed by atoms with Gasteiger partial charge in [-0.05, 0) is 31.4 Å². The molecule has 19 heavy (non-hydrogen) atoms. The molecule has 0 atom stereocenters. The minimum Gasteiger partial charge on any atom is -0.312 e. The van der Waals surface area contributed by atoms with Crippen LogP contribution in [-0.2, 0) is 6.54 Å². The molecule has 1 aromatic heterocycles. The van der Waals surface area contributed by atoms with Gasteiger partial charge in [0.2, 0.25) is 0 Å². The minimum atomic E-state index is 0.920. The van der Waals surface area contributed by atoms with Crippen molar-refractivity contribution in [2.75, 3.05) is 12.3 Å². The second-order valence-electron chi connectivity index (χ2n) is 4.27. The molecule has 0 aliphatic heterocycles. The molecular weight excluding hydrogens is 272 g/mol. The average Bonchev–Trinajstić information content (AvgIpc) is 2.79. The minimum absolute atomic E-state index is 0.920. The number of nitrogens with zero attached hydrogens (tertiary/aromatic N) is 1. The first-order valence-corrected chi connectivity index (χ1v) is 8.45. The monoisotopic (exact) mass is 292 g/mol. The summed E-state index contributed by atoms with van der Waals surface area (Å²) in [6.45, 7) is 8.31. The highest BCUT2D eigenvalue weighted by Crippen LogP contribution is 2.29. The first-order valence-electron chi connectivity index (χ1n) is 6.64. The van der Waals surface area contributed by atoms with Gasteiger partial charge in [-0.3, -0.25) is 0 Å². The molecule has 0 aliphatic rings. The fraction of sp³-hybridized carbons (Fsp3) is 0.400. The molecule has 1 heterocycles. The first-order chi connectivity index (χ1) is 9.24. The second kappa shape index (κ2) is 7.08. The largest absolute Gasteiger partial charge is 0.312 e. The Morgan fingerprint density at radius 2 is 1.95 bits per heavy atom. The Bertz CT molecular complexity index is 517. The standard InChI is InChI=1S/C15H20N2S2/c1-4-16-10-14-11(3)17-15(19-14)12-6-8-13(9-7-12)18-5-2/h6-9,16H,4-5,10H2,1-3H3. The lowest BCUT2D eigenvalue weighted by Gasteiger charge is -2.00. The molecule has 4 heteroatoms. The quantitative estimate of drug-likeness (QED) is 0.802. The fourth-order valence-electron chi connectivity index (χ4n) is 1.81. The molecule has 2 aromatic rings. The predicted molar refractivity (Wildman–Crippen MR) is 86.1 cm³/mol. The molecule has 0 radical (unpaired) electrons. The number of hydrogen-bond acceptors (Lipinski definition) is 4. The van der Waals surface area contributed by atoms with Crippen LogP contribution >= 0.6 is 23.1 Å². The summed E-state index contributed by atoms with van der Waals surface area (Å²) in [5, 5.41) is 4.49. The van der Waals surface area contributed by atoms with E-state index in [1.165, 1.54) is 15.3 Å². The molecule has 0 amide bonds. The third-order valence-electron chi connectivity index (χ3n) is 2.84. The van der Waals surface area contributed by atoms with Crippen molar-refractivity contribution in [1.82, 2.24) is 10.3 Å². The van der Waals surface area contributed by atoms with Crippen molar-refractivity contribution in [3.8, 4) is 10.6 Å². The smallest absolute Gasteiger partial charge is 0.123 e. The number of aromatic nitrogens is 1. The zero-order chi connectivity index (χ0) is 13.7.